The van der Waals surface area contributed by atoms with Gasteiger partial charge in [-0.15, -0.1) is 0 Å². The van der Waals surface area contributed by atoms with Crippen molar-refractivity contribution in [2.75, 3.05) is 25.5 Å². The second kappa shape index (κ2) is 8.05. The van der Waals surface area contributed by atoms with Crippen molar-refractivity contribution < 1.29 is 14.3 Å². The van der Waals surface area contributed by atoms with Gasteiger partial charge in [0.2, 0.25) is 0 Å². The largest absolute Gasteiger partial charge is 0.486 e. The van der Waals surface area contributed by atoms with Crippen LogP contribution in [0.2, 0.25) is 0 Å². The van der Waals surface area contributed by atoms with Gasteiger partial charge in [0.1, 0.15) is 30.7 Å². The van der Waals surface area contributed by atoms with Gasteiger partial charge in [-0.2, -0.15) is 10.4 Å². The van der Waals surface area contributed by atoms with Crippen LogP contribution in [-0.4, -0.2) is 40.3 Å². The second-order valence-corrected chi connectivity index (χ2v) is 9.69. The van der Waals surface area contributed by atoms with Crippen LogP contribution >= 0.6 is 0 Å². The first-order valence-electron chi connectivity index (χ1n) is 12.1. The number of nitriles is 1. The zero-order valence-electron chi connectivity index (χ0n) is 19.7. The van der Waals surface area contributed by atoms with Crippen molar-refractivity contribution in [1.29, 1.82) is 5.26 Å². The van der Waals surface area contributed by atoms with E-state index < -0.39 is 0 Å². The fraction of sp³-hybridized carbons (Fsp3) is 0.370. The standard InChI is InChI=1S/C27H27N5O3/c1-17-21-12-23-24(35-11-10-34-23)13-22(21)27(8-2-3-9-27)16-31(17)26(33)18-4-6-20(7-5-18)32-25(29)19(14-28)15-30-32/h4-7,12-13,15,17H,2-3,8-11,16,29H2,1H3. The Bertz CT molecular complexity index is 1350. The molecule has 2 aromatic carbocycles. The average Bonchev–Trinajstić information content (AvgIpc) is 3.52. The molecule has 3 aliphatic rings. The van der Waals surface area contributed by atoms with E-state index in [1.54, 1.807) is 12.1 Å². The number of hydrogen-bond donors (Lipinski definition) is 1. The molecule has 0 bridgehead atoms. The maximum atomic E-state index is 13.8. The topological polar surface area (TPSA) is 106 Å². The summed E-state index contributed by atoms with van der Waals surface area (Å²) in [7, 11) is 0. The predicted octanol–water partition coefficient (Wildman–Crippen LogP) is 4.13. The molecule has 2 N–H and O–H groups in total. The Morgan fingerprint density at radius 3 is 2.49 bits per heavy atom. The first-order valence-corrected chi connectivity index (χ1v) is 12.1. The summed E-state index contributed by atoms with van der Waals surface area (Å²) < 4.78 is 13.3. The molecular weight excluding hydrogens is 442 g/mol. The molecule has 3 aromatic rings. The number of nitrogen functional groups attached to an aromatic ring is 1. The van der Waals surface area contributed by atoms with Gasteiger partial charge in [-0.25, -0.2) is 4.68 Å². The van der Waals surface area contributed by atoms with Crippen LogP contribution in [0.1, 0.15) is 65.7 Å². The molecule has 178 valence electrons. The number of nitrogens with two attached hydrogens (primary N) is 1. The molecule has 1 atom stereocenters. The predicted molar refractivity (Wildman–Crippen MR) is 130 cm³/mol. The summed E-state index contributed by atoms with van der Waals surface area (Å²) in [4.78, 5) is 15.8. The van der Waals surface area contributed by atoms with E-state index in [1.165, 1.54) is 16.4 Å². The molecule has 0 saturated heterocycles. The van der Waals surface area contributed by atoms with E-state index in [0.717, 1.165) is 42.7 Å². The molecule has 1 unspecified atom stereocenters. The van der Waals surface area contributed by atoms with E-state index in [0.29, 0.717) is 36.6 Å². The van der Waals surface area contributed by atoms with E-state index in [-0.39, 0.29) is 23.2 Å². The summed E-state index contributed by atoms with van der Waals surface area (Å²) in [6.45, 7) is 3.89. The van der Waals surface area contributed by atoms with Gasteiger partial charge in [-0.05, 0) is 67.3 Å². The highest BCUT2D eigenvalue weighted by atomic mass is 16.6. The number of rotatable bonds is 2. The Labute approximate surface area is 203 Å². The van der Waals surface area contributed by atoms with Gasteiger partial charge in [0.25, 0.3) is 5.91 Å². The van der Waals surface area contributed by atoms with Crippen LogP contribution in [0.25, 0.3) is 5.69 Å². The monoisotopic (exact) mass is 469 g/mol. The average molecular weight is 470 g/mol. The lowest BCUT2D eigenvalue weighted by molar-refractivity contribution is 0.0593. The molecule has 6 rings (SSSR count). The van der Waals surface area contributed by atoms with Crippen molar-refractivity contribution in [3.05, 3.63) is 64.8 Å². The van der Waals surface area contributed by atoms with E-state index >= 15 is 0 Å². The van der Waals surface area contributed by atoms with Gasteiger partial charge in [-0.3, -0.25) is 4.79 Å². The Morgan fingerprint density at radius 1 is 1.14 bits per heavy atom. The molecule has 35 heavy (non-hydrogen) atoms. The Balaban J connectivity index is 1.34. The number of aromatic nitrogens is 2. The second-order valence-electron chi connectivity index (χ2n) is 9.69. The minimum Gasteiger partial charge on any atom is -0.486 e. The highest BCUT2D eigenvalue weighted by Crippen LogP contribution is 2.52. The molecule has 1 fully saturated rings. The molecule has 1 aromatic heterocycles. The molecule has 1 spiro atoms. The molecule has 1 amide bonds. The molecule has 3 heterocycles. The minimum absolute atomic E-state index is 0.00187. The fourth-order valence-corrected chi connectivity index (χ4v) is 5.91. The minimum atomic E-state index is -0.0841. The number of fused-ring (bicyclic) bond motifs is 3. The van der Waals surface area contributed by atoms with Gasteiger partial charge in [0.05, 0.1) is 17.9 Å². The molecular formula is C27H27N5O3. The summed E-state index contributed by atoms with van der Waals surface area (Å²) >= 11 is 0. The van der Waals surface area contributed by atoms with Crippen LogP contribution in [0, 0.1) is 11.3 Å². The SMILES string of the molecule is CC1c2cc3c(cc2C2(CCCC2)CN1C(=O)c1ccc(-n2ncc(C#N)c2N)cc1)OCCO3. The maximum absolute atomic E-state index is 13.8. The summed E-state index contributed by atoms with van der Waals surface area (Å²) in [5.41, 5.74) is 10.1. The van der Waals surface area contributed by atoms with Crippen LogP contribution in [0.15, 0.2) is 42.6 Å². The van der Waals surface area contributed by atoms with Gasteiger partial charge < -0.3 is 20.1 Å². The Morgan fingerprint density at radius 2 is 1.83 bits per heavy atom. The number of nitrogens with zero attached hydrogens (tertiary/aromatic N) is 4. The van der Waals surface area contributed by atoms with E-state index in [2.05, 4.69) is 24.2 Å². The number of amides is 1. The zero-order valence-corrected chi connectivity index (χ0v) is 19.7. The first kappa shape index (κ1) is 21.5. The van der Waals surface area contributed by atoms with E-state index in [1.807, 2.05) is 23.1 Å². The molecule has 1 saturated carbocycles. The van der Waals surface area contributed by atoms with Crippen LogP contribution in [-0.2, 0) is 5.41 Å². The molecule has 1 aliphatic carbocycles. The van der Waals surface area contributed by atoms with Crippen LogP contribution in [0.3, 0.4) is 0 Å². The van der Waals surface area contributed by atoms with E-state index in [4.69, 9.17) is 20.5 Å². The fourth-order valence-electron chi connectivity index (χ4n) is 5.91. The van der Waals surface area contributed by atoms with Gasteiger partial charge in [-0.1, -0.05) is 12.8 Å². The summed E-state index contributed by atoms with van der Waals surface area (Å²) in [5, 5.41) is 13.3. The number of carbonyl (C=O) groups is 1. The zero-order chi connectivity index (χ0) is 24.2. The highest BCUT2D eigenvalue weighted by molar-refractivity contribution is 5.95. The van der Waals surface area contributed by atoms with Crippen molar-refractivity contribution in [1.82, 2.24) is 14.7 Å². The third-order valence-electron chi connectivity index (χ3n) is 7.78. The smallest absolute Gasteiger partial charge is 0.254 e. The molecule has 2 aliphatic heterocycles. The Hall–Kier alpha value is -3.99. The van der Waals surface area contributed by atoms with E-state index in [9.17, 15) is 4.79 Å². The lowest BCUT2D eigenvalue weighted by Crippen LogP contribution is -2.48. The quantitative estimate of drug-likeness (QED) is 0.605. The van der Waals surface area contributed by atoms with Gasteiger partial charge in [0.15, 0.2) is 11.5 Å². The first-order chi connectivity index (χ1) is 17.0. The number of hydrogen-bond acceptors (Lipinski definition) is 6. The van der Waals surface area contributed by atoms with Crippen LogP contribution in [0.4, 0.5) is 5.82 Å². The highest BCUT2D eigenvalue weighted by Gasteiger charge is 2.46. The number of anilines is 1. The normalized spacial score (nSPS) is 19.9. The number of benzene rings is 2. The molecule has 8 heteroatoms. The van der Waals surface area contributed by atoms with Crippen molar-refractivity contribution >= 4 is 11.7 Å². The van der Waals surface area contributed by atoms with Crippen molar-refractivity contribution in [3.63, 3.8) is 0 Å². The lowest BCUT2D eigenvalue weighted by atomic mass is 9.71. The van der Waals surface area contributed by atoms with Crippen LogP contribution < -0.4 is 15.2 Å². The summed E-state index contributed by atoms with van der Waals surface area (Å²) in [6.07, 6.45) is 5.89. The van der Waals surface area contributed by atoms with Crippen LogP contribution in [0.5, 0.6) is 11.5 Å². The summed E-state index contributed by atoms with van der Waals surface area (Å²) in [5.74, 6) is 1.87. The number of carbonyl (C=O) groups excluding carboxylic acids is 1. The van der Waals surface area contributed by atoms with Gasteiger partial charge >= 0.3 is 0 Å². The Kier molecular flexibility index (Phi) is 4.95. The third-order valence-corrected chi connectivity index (χ3v) is 7.78. The molecule has 8 nitrogen and oxygen atoms in total. The van der Waals surface area contributed by atoms with Crippen molar-refractivity contribution in [3.8, 4) is 23.3 Å². The van der Waals surface area contributed by atoms with Gasteiger partial charge in [0, 0.05) is 17.5 Å². The number of ether oxygens (including phenoxy) is 2. The molecule has 0 radical (unpaired) electrons. The van der Waals surface area contributed by atoms with Crippen molar-refractivity contribution in [2.45, 2.75) is 44.1 Å². The lowest BCUT2D eigenvalue weighted by Gasteiger charge is -2.46. The third kappa shape index (κ3) is 3.34. The van der Waals surface area contributed by atoms with Crippen molar-refractivity contribution in [2.24, 2.45) is 0 Å². The maximum Gasteiger partial charge on any atom is 0.254 e. The summed E-state index contributed by atoms with van der Waals surface area (Å²) in [6, 6.07) is 13.4.